The topological polar surface area (TPSA) is 71.2 Å². The Labute approximate surface area is 101 Å². The van der Waals surface area contributed by atoms with Crippen molar-refractivity contribution in [2.75, 3.05) is 5.32 Å². The van der Waals surface area contributed by atoms with Crippen LogP contribution in [-0.4, -0.2) is 16.7 Å². The van der Waals surface area contributed by atoms with Crippen molar-refractivity contribution in [1.29, 1.82) is 0 Å². The van der Waals surface area contributed by atoms with E-state index in [1.807, 2.05) is 0 Å². The summed E-state index contributed by atoms with van der Waals surface area (Å²) in [7, 11) is 0. The van der Waals surface area contributed by atoms with Crippen LogP contribution in [0.5, 0.6) is 0 Å². The fraction of sp³-hybridized carbons (Fsp3) is 0.400. The van der Waals surface area contributed by atoms with E-state index in [1.54, 1.807) is 20.8 Å². The third-order valence-corrected chi connectivity index (χ3v) is 2.12. The molecule has 2 N–H and O–H groups in total. The van der Waals surface area contributed by atoms with Crippen LogP contribution in [0.2, 0.25) is 0 Å². The molecule has 0 bridgehead atoms. The number of amides is 1. The van der Waals surface area contributed by atoms with Gasteiger partial charge in [-0.05, 0) is 36.7 Å². The Morgan fingerprint density at radius 2 is 2.06 bits per heavy atom. The third-order valence-electron chi connectivity index (χ3n) is 1.53. The second-order valence-corrected chi connectivity index (χ2v) is 5.03. The molecular formula is C10H13BrN2O3. The summed E-state index contributed by atoms with van der Waals surface area (Å²) in [5, 5.41) is 2.37. The lowest BCUT2D eigenvalue weighted by Gasteiger charge is -2.19. The Kier molecular flexibility index (Phi) is 3.74. The van der Waals surface area contributed by atoms with E-state index in [4.69, 9.17) is 4.74 Å². The Balaban J connectivity index is 2.78. The summed E-state index contributed by atoms with van der Waals surface area (Å²) < 4.78 is 5.37. The molecule has 1 amide bonds. The molecule has 0 saturated heterocycles. The number of carbonyl (C=O) groups excluding carboxylic acids is 1. The van der Waals surface area contributed by atoms with Crippen LogP contribution in [-0.2, 0) is 4.74 Å². The van der Waals surface area contributed by atoms with Crippen LogP contribution in [0.4, 0.5) is 10.5 Å². The molecule has 1 rings (SSSR count). The van der Waals surface area contributed by atoms with Gasteiger partial charge >= 0.3 is 6.09 Å². The van der Waals surface area contributed by atoms with Gasteiger partial charge in [-0.1, -0.05) is 0 Å². The molecule has 0 spiro atoms. The van der Waals surface area contributed by atoms with Crippen molar-refractivity contribution in [1.82, 2.24) is 4.98 Å². The maximum atomic E-state index is 11.5. The van der Waals surface area contributed by atoms with Crippen LogP contribution in [0.1, 0.15) is 20.8 Å². The molecule has 0 aliphatic carbocycles. The van der Waals surface area contributed by atoms with Crippen molar-refractivity contribution in [3.63, 3.8) is 0 Å². The molecule has 0 saturated carbocycles. The first kappa shape index (κ1) is 12.8. The third kappa shape index (κ3) is 3.69. The number of pyridine rings is 1. The predicted molar refractivity (Wildman–Crippen MR) is 64.6 cm³/mol. The normalized spacial score (nSPS) is 11.0. The average Bonchev–Trinajstić information content (AvgIpc) is 2.09. The molecular weight excluding hydrogens is 276 g/mol. The van der Waals surface area contributed by atoms with E-state index in [0.29, 0.717) is 4.47 Å². The van der Waals surface area contributed by atoms with Crippen LogP contribution in [0, 0.1) is 0 Å². The van der Waals surface area contributed by atoms with Crippen molar-refractivity contribution in [3.05, 3.63) is 27.1 Å². The monoisotopic (exact) mass is 288 g/mol. The van der Waals surface area contributed by atoms with Gasteiger partial charge < -0.3 is 9.72 Å². The van der Waals surface area contributed by atoms with Crippen molar-refractivity contribution >= 4 is 27.7 Å². The highest BCUT2D eigenvalue weighted by atomic mass is 79.9. The zero-order valence-electron chi connectivity index (χ0n) is 9.26. The predicted octanol–water partition coefficient (Wildman–Crippen LogP) is 2.48. The van der Waals surface area contributed by atoms with E-state index in [9.17, 15) is 9.59 Å². The number of halogens is 1. The lowest BCUT2D eigenvalue weighted by molar-refractivity contribution is 0.0635. The SMILES string of the molecule is CC(C)(C)OC(=O)Nc1c[nH]cc(Br)c1=O. The molecule has 0 aliphatic rings. The highest BCUT2D eigenvalue weighted by Crippen LogP contribution is 2.10. The molecule has 0 fully saturated rings. The van der Waals surface area contributed by atoms with Crippen LogP contribution in [0.3, 0.4) is 0 Å². The van der Waals surface area contributed by atoms with E-state index < -0.39 is 11.7 Å². The second-order valence-electron chi connectivity index (χ2n) is 4.17. The number of aromatic amines is 1. The molecule has 6 heteroatoms. The van der Waals surface area contributed by atoms with Gasteiger partial charge in [-0.25, -0.2) is 4.79 Å². The summed E-state index contributed by atoms with van der Waals surface area (Å²) in [6.45, 7) is 5.24. The number of hydrogen-bond donors (Lipinski definition) is 2. The van der Waals surface area contributed by atoms with Gasteiger partial charge in [0.15, 0.2) is 0 Å². The van der Waals surface area contributed by atoms with Crippen LogP contribution < -0.4 is 10.7 Å². The lowest BCUT2D eigenvalue weighted by Crippen LogP contribution is -2.28. The van der Waals surface area contributed by atoms with Gasteiger partial charge in [0, 0.05) is 12.4 Å². The Bertz CT molecular complexity index is 448. The summed E-state index contributed by atoms with van der Waals surface area (Å²) in [5.74, 6) is 0. The Hall–Kier alpha value is -1.30. The number of H-pyrrole nitrogens is 1. The van der Waals surface area contributed by atoms with E-state index in [1.165, 1.54) is 12.4 Å². The number of anilines is 1. The van der Waals surface area contributed by atoms with E-state index in [-0.39, 0.29) is 11.1 Å². The number of hydrogen-bond acceptors (Lipinski definition) is 3. The first-order chi connectivity index (χ1) is 7.29. The van der Waals surface area contributed by atoms with Crippen LogP contribution in [0.15, 0.2) is 21.7 Å². The van der Waals surface area contributed by atoms with Gasteiger partial charge in [-0.2, -0.15) is 0 Å². The standard InChI is InChI=1S/C10H13BrN2O3/c1-10(2,3)16-9(15)13-7-5-12-4-6(11)8(7)14/h4-5H,1-3H3,(H,12,14)(H,13,15). The summed E-state index contributed by atoms with van der Waals surface area (Å²) >= 11 is 3.06. The Morgan fingerprint density at radius 3 is 2.62 bits per heavy atom. The van der Waals surface area contributed by atoms with E-state index in [2.05, 4.69) is 26.2 Å². The molecule has 0 atom stereocenters. The maximum Gasteiger partial charge on any atom is 0.412 e. The fourth-order valence-corrected chi connectivity index (χ4v) is 1.31. The van der Waals surface area contributed by atoms with Gasteiger partial charge in [0.1, 0.15) is 11.3 Å². The first-order valence-corrected chi connectivity index (χ1v) is 5.45. The number of rotatable bonds is 1. The zero-order chi connectivity index (χ0) is 12.3. The van der Waals surface area contributed by atoms with Crippen LogP contribution in [0.25, 0.3) is 0 Å². The molecule has 5 nitrogen and oxygen atoms in total. The minimum absolute atomic E-state index is 0.142. The quantitative estimate of drug-likeness (QED) is 0.834. The van der Waals surface area contributed by atoms with Crippen molar-refractivity contribution < 1.29 is 9.53 Å². The van der Waals surface area contributed by atoms with Gasteiger partial charge in [-0.15, -0.1) is 0 Å². The number of carbonyl (C=O) groups is 1. The summed E-state index contributed by atoms with van der Waals surface area (Å²) in [6, 6.07) is 0. The molecule has 16 heavy (non-hydrogen) atoms. The average molecular weight is 289 g/mol. The summed E-state index contributed by atoms with van der Waals surface area (Å²) in [5.41, 5.74) is -0.753. The molecule has 1 heterocycles. The summed E-state index contributed by atoms with van der Waals surface area (Å²) in [6.07, 6.45) is 2.23. The molecule has 0 unspecified atom stereocenters. The fourth-order valence-electron chi connectivity index (χ4n) is 0.964. The minimum Gasteiger partial charge on any atom is -0.444 e. The number of aromatic nitrogens is 1. The highest BCUT2D eigenvalue weighted by molar-refractivity contribution is 9.10. The van der Waals surface area contributed by atoms with E-state index in [0.717, 1.165) is 0 Å². The molecule has 0 aromatic carbocycles. The van der Waals surface area contributed by atoms with Gasteiger partial charge in [0.25, 0.3) is 0 Å². The van der Waals surface area contributed by atoms with E-state index >= 15 is 0 Å². The number of ether oxygens (including phenoxy) is 1. The minimum atomic E-state index is -0.656. The van der Waals surface area contributed by atoms with Gasteiger partial charge in [0.2, 0.25) is 5.43 Å². The largest absolute Gasteiger partial charge is 0.444 e. The molecule has 0 radical (unpaired) electrons. The van der Waals surface area contributed by atoms with Crippen molar-refractivity contribution in [2.45, 2.75) is 26.4 Å². The molecule has 0 aliphatic heterocycles. The van der Waals surface area contributed by atoms with Gasteiger partial charge in [-0.3, -0.25) is 10.1 Å². The zero-order valence-corrected chi connectivity index (χ0v) is 10.8. The second kappa shape index (κ2) is 4.69. The van der Waals surface area contributed by atoms with Crippen LogP contribution >= 0.6 is 15.9 Å². The lowest BCUT2D eigenvalue weighted by atomic mass is 10.2. The van der Waals surface area contributed by atoms with Crippen molar-refractivity contribution in [2.24, 2.45) is 0 Å². The smallest absolute Gasteiger partial charge is 0.412 e. The maximum absolute atomic E-state index is 11.5. The molecule has 1 aromatic heterocycles. The summed E-state index contributed by atoms with van der Waals surface area (Å²) in [4.78, 5) is 25.6. The number of nitrogens with one attached hydrogen (secondary N) is 2. The van der Waals surface area contributed by atoms with Gasteiger partial charge in [0.05, 0.1) is 4.47 Å². The highest BCUT2D eigenvalue weighted by Gasteiger charge is 2.17. The first-order valence-electron chi connectivity index (χ1n) is 4.66. The molecule has 1 aromatic rings. The molecule has 88 valence electrons. The van der Waals surface area contributed by atoms with Crippen molar-refractivity contribution in [3.8, 4) is 0 Å². The Morgan fingerprint density at radius 1 is 1.44 bits per heavy atom.